The van der Waals surface area contributed by atoms with E-state index in [1.165, 1.54) is 19.1 Å². The number of amides is 1. The number of nitrogens with zero attached hydrogens (tertiary/aromatic N) is 6. The molecule has 4 heterocycles. The van der Waals surface area contributed by atoms with E-state index < -0.39 is 45.9 Å². The van der Waals surface area contributed by atoms with Gasteiger partial charge in [-0.15, -0.1) is 0 Å². The average Bonchev–Trinajstić information content (AvgIpc) is 3.98. The third kappa shape index (κ3) is 9.30. The summed E-state index contributed by atoms with van der Waals surface area (Å²) in [6.07, 6.45) is -2.58. The van der Waals surface area contributed by atoms with Crippen molar-refractivity contribution < 1.29 is 46.4 Å². The number of hydrogen-bond donors (Lipinski definition) is 1. The number of benzene rings is 3. The molecule has 2 atom stereocenters. The Hall–Kier alpha value is -5.61. The molecular weight excluding hydrogens is 856 g/mol. The summed E-state index contributed by atoms with van der Waals surface area (Å²) in [4.78, 5) is 32.6. The minimum atomic E-state index is -4.96. The van der Waals surface area contributed by atoms with Gasteiger partial charge in [-0.1, -0.05) is 35.9 Å². The second kappa shape index (κ2) is 17.4. The summed E-state index contributed by atoms with van der Waals surface area (Å²) < 4.78 is 85.9. The molecule has 2 saturated heterocycles. The molecule has 2 unspecified atom stereocenters. The van der Waals surface area contributed by atoms with Gasteiger partial charge in [0.05, 0.1) is 61.4 Å². The third-order valence-electron chi connectivity index (χ3n) is 12.1. The van der Waals surface area contributed by atoms with Crippen LogP contribution in [-0.4, -0.2) is 89.3 Å². The highest BCUT2D eigenvalue weighted by molar-refractivity contribution is 6.34. The van der Waals surface area contributed by atoms with Crippen LogP contribution in [0.3, 0.4) is 0 Å². The highest BCUT2D eigenvalue weighted by Crippen LogP contribution is 2.48. The molecule has 340 valence electrons. The van der Waals surface area contributed by atoms with Gasteiger partial charge in [0.25, 0.3) is 0 Å². The monoisotopic (exact) mass is 906 g/mol. The molecule has 1 saturated carbocycles. The van der Waals surface area contributed by atoms with E-state index in [9.17, 15) is 9.90 Å². The van der Waals surface area contributed by atoms with Gasteiger partial charge in [-0.05, 0) is 106 Å². The van der Waals surface area contributed by atoms with E-state index in [0.717, 1.165) is 11.1 Å². The molecule has 1 aliphatic carbocycles. The minimum absolute atomic E-state index is 0.0490. The van der Waals surface area contributed by atoms with Gasteiger partial charge in [0.1, 0.15) is 34.3 Å². The van der Waals surface area contributed by atoms with Crippen molar-refractivity contribution in [1.29, 1.82) is 0 Å². The van der Waals surface area contributed by atoms with Crippen molar-refractivity contribution in [2.45, 2.75) is 90.3 Å². The Morgan fingerprint density at radius 1 is 0.906 bits per heavy atom. The fourth-order valence-electron chi connectivity index (χ4n) is 8.59. The average molecular weight is 907 g/mol. The molecule has 2 bridgehead atoms. The first-order chi connectivity index (χ1) is 30.4. The Labute approximate surface area is 374 Å². The lowest BCUT2D eigenvalue weighted by Crippen LogP contribution is -2.57. The lowest BCUT2D eigenvalue weighted by molar-refractivity contribution is -0.137. The van der Waals surface area contributed by atoms with Gasteiger partial charge in [-0.3, -0.25) is 4.90 Å². The van der Waals surface area contributed by atoms with E-state index in [-0.39, 0.29) is 77.5 Å². The molecule has 64 heavy (non-hydrogen) atoms. The standard InChI is InChI=1S/C47H51ClF4N6O6/c1-27-19-36(56(21-28-7-13-32(61-5)14-8-28)22-29-9-15-33(62-6)16-10-29)53-41(38(27)47(50,51)52)37-35(48)20-34-40(39(37)49)54-43(63-26-46(25-59)17-18-46)55-42(34)57-23-30-11-12-31(24-57)58(30)44(60)64-45(2,3)4/h7-10,13-16,19-20,30-31,59H,11-12,17-18,21-26H2,1-6H3. The molecule has 1 N–H and O–H groups in total. The first-order valence-electron chi connectivity index (χ1n) is 21.2. The molecule has 3 fully saturated rings. The van der Waals surface area contributed by atoms with Crippen molar-refractivity contribution in [3.8, 4) is 28.8 Å². The number of fused-ring (bicyclic) bond motifs is 3. The molecule has 2 aromatic heterocycles. The molecule has 1 amide bonds. The smallest absolute Gasteiger partial charge is 0.418 e. The van der Waals surface area contributed by atoms with Gasteiger partial charge in [-0.25, -0.2) is 14.2 Å². The molecule has 17 heteroatoms. The number of pyridine rings is 1. The number of aryl methyl sites for hydroxylation is 1. The van der Waals surface area contributed by atoms with E-state index in [1.54, 1.807) is 69.1 Å². The minimum Gasteiger partial charge on any atom is -0.497 e. The lowest BCUT2D eigenvalue weighted by Gasteiger charge is -2.42. The van der Waals surface area contributed by atoms with Gasteiger partial charge in [-0.2, -0.15) is 23.1 Å². The highest BCUT2D eigenvalue weighted by Gasteiger charge is 2.46. The number of piperazine rings is 1. The fraction of sp³-hybridized carbons (Fsp3) is 0.447. The number of anilines is 2. The number of alkyl halides is 3. The van der Waals surface area contributed by atoms with Crippen molar-refractivity contribution >= 4 is 40.2 Å². The Bertz CT molecular complexity index is 2470. The number of carbonyl (C=O) groups is 1. The van der Waals surface area contributed by atoms with E-state index in [4.69, 9.17) is 35.5 Å². The number of hydrogen-bond acceptors (Lipinski definition) is 11. The van der Waals surface area contributed by atoms with Crippen molar-refractivity contribution in [3.63, 3.8) is 0 Å². The van der Waals surface area contributed by atoms with Crippen molar-refractivity contribution in [2.24, 2.45) is 5.41 Å². The fourth-order valence-corrected chi connectivity index (χ4v) is 8.87. The van der Waals surface area contributed by atoms with Gasteiger partial charge in [0.2, 0.25) is 0 Å². The summed E-state index contributed by atoms with van der Waals surface area (Å²) >= 11 is 6.97. The molecule has 12 nitrogen and oxygen atoms in total. The number of ether oxygens (including phenoxy) is 4. The maximum Gasteiger partial charge on any atom is 0.418 e. The van der Waals surface area contributed by atoms with Crippen molar-refractivity contribution in [2.75, 3.05) is 50.3 Å². The van der Waals surface area contributed by atoms with Gasteiger partial charge >= 0.3 is 18.3 Å². The first-order valence-corrected chi connectivity index (χ1v) is 21.6. The zero-order chi connectivity index (χ0) is 45.7. The second-order valence-corrected chi connectivity index (χ2v) is 18.4. The lowest BCUT2D eigenvalue weighted by atomic mass is 9.98. The normalized spacial score (nSPS) is 18.0. The summed E-state index contributed by atoms with van der Waals surface area (Å²) in [5.74, 6) is 0.525. The first kappa shape index (κ1) is 45.0. The van der Waals surface area contributed by atoms with Crippen LogP contribution < -0.4 is 24.0 Å². The van der Waals surface area contributed by atoms with Crippen LogP contribution in [-0.2, 0) is 24.0 Å². The highest BCUT2D eigenvalue weighted by atomic mass is 35.5. The van der Waals surface area contributed by atoms with Crippen LogP contribution >= 0.6 is 11.6 Å². The quantitative estimate of drug-likeness (QED) is 0.114. The second-order valence-electron chi connectivity index (χ2n) is 18.0. The van der Waals surface area contributed by atoms with Gasteiger partial charge in [0, 0.05) is 37.0 Å². The van der Waals surface area contributed by atoms with Crippen LogP contribution in [0, 0.1) is 18.2 Å². The van der Waals surface area contributed by atoms with Crippen LogP contribution in [0.15, 0.2) is 60.7 Å². The summed E-state index contributed by atoms with van der Waals surface area (Å²) in [6, 6.07) is 16.6. The van der Waals surface area contributed by atoms with Gasteiger partial charge < -0.3 is 33.9 Å². The van der Waals surface area contributed by atoms with E-state index >= 15 is 17.6 Å². The Kier molecular flexibility index (Phi) is 12.2. The summed E-state index contributed by atoms with van der Waals surface area (Å²) in [6.45, 7) is 7.70. The number of aliphatic hydroxyl groups excluding tert-OH is 1. The van der Waals surface area contributed by atoms with Crippen LogP contribution in [0.25, 0.3) is 22.2 Å². The number of carbonyl (C=O) groups excluding carboxylic acids is 1. The third-order valence-corrected chi connectivity index (χ3v) is 12.4. The van der Waals surface area contributed by atoms with E-state index in [1.807, 2.05) is 29.2 Å². The van der Waals surface area contributed by atoms with Crippen LogP contribution in [0.4, 0.5) is 34.0 Å². The molecule has 3 aliphatic rings. The summed E-state index contributed by atoms with van der Waals surface area (Å²) in [5.41, 5.74) is -2.51. The summed E-state index contributed by atoms with van der Waals surface area (Å²) in [7, 11) is 3.11. The molecule has 0 spiro atoms. The Morgan fingerprint density at radius 3 is 1.98 bits per heavy atom. The number of aliphatic hydroxyl groups is 1. The SMILES string of the molecule is COc1ccc(CN(Cc2ccc(OC)cc2)c2cc(C)c(C(F)(F)F)c(-c3c(Cl)cc4c(N5CC6CCC(C5)N6C(=O)OC(C)(C)C)nc(OCC5(CO)CC5)nc4c3F)n2)cc1. The molecular formula is C47H51ClF4N6O6. The number of rotatable bonds is 13. The number of methoxy groups -OCH3 is 2. The molecule has 2 aliphatic heterocycles. The van der Waals surface area contributed by atoms with Crippen LogP contribution in [0.1, 0.15) is 68.7 Å². The molecule has 3 aromatic carbocycles. The largest absolute Gasteiger partial charge is 0.497 e. The van der Waals surface area contributed by atoms with Crippen molar-refractivity contribution in [3.05, 3.63) is 93.8 Å². The Morgan fingerprint density at radius 2 is 1.48 bits per heavy atom. The number of aromatic nitrogens is 3. The maximum atomic E-state index is 17.7. The Balaban J connectivity index is 1.25. The predicted molar refractivity (Wildman–Crippen MR) is 235 cm³/mol. The number of halogens is 5. The molecule has 0 radical (unpaired) electrons. The predicted octanol–water partition coefficient (Wildman–Crippen LogP) is 9.77. The van der Waals surface area contributed by atoms with Crippen LogP contribution in [0.5, 0.6) is 17.5 Å². The van der Waals surface area contributed by atoms with Gasteiger partial charge in [0.15, 0.2) is 5.82 Å². The topological polar surface area (TPSA) is 123 Å². The zero-order valence-electron chi connectivity index (χ0n) is 36.6. The molecule has 5 aromatic rings. The van der Waals surface area contributed by atoms with E-state index in [0.29, 0.717) is 50.3 Å². The zero-order valence-corrected chi connectivity index (χ0v) is 37.3. The molecule has 8 rings (SSSR count). The van der Waals surface area contributed by atoms with E-state index in [2.05, 4.69) is 9.97 Å². The maximum absolute atomic E-state index is 17.7. The summed E-state index contributed by atoms with van der Waals surface area (Å²) in [5, 5.41) is 9.85. The van der Waals surface area contributed by atoms with Crippen LogP contribution in [0.2, 0.25) is 5.02 Å². The van der Waals surface area contributed by atoms with Crippen molar-refractivity contribution in [1.82, 2.24) is 19.9 Å².